The van der Waals surface area contributed by atoms with Crippen molar-refractivity contribution >= 4 is 0 Å². The first-order valence-corrected chi connectivity index (χ1v) is 5.84. The second kappa shape index (κ2) is 6.42. The summed E-state index contributed by atoms with van der Waals surface area (Å²) in [4.78, 5) is 0. The standard InChI is InChI=1S/C12H26O/c1-5-9-11(6-2)10-12(13,7-3)8-4/h11,13H,5-10H2,1-4H3. The molecule has 0 spiro atoms. The molecule has 0 aromatic carbocycles. The fourth-order valence-corrected chi connectivity index (χ4v) is 1.93. The highest BCUT2D eigenvalue weighted by Crippen LogP contribution is 2.28. The molecule has 1 nitrogen and oxygen atoms in total. The Labute approximate surface area is 83.5 Å². The van der Waals surface area contributed by atoms with Gasteiger partial charge in [-0.05, 0) is 25.2 Å². The Morgan fingerprint density at radius 1 is 1.08 bits per heavy atom. The second-order valence-corrected chi connectivity index (χ2v) is 4.20. The third-order valence-electron chi connectivity index (χ3n) is 3.26. The van der Waals surface area contributed by atoms with E-state index in [1.165, 1.54) is 19.3 Å². The summed E-state index contributed by atoms with van der Waals surface area (Å²) in [6.07, 6.45) is 6.48. The predicted molar refractivity (Wildman–Crippen MR) is 58.8 cm³/mol. The maximum Gasteiger partial charge on any atom is 0.0645 e. The molecule has 1 N–H and O–H groups in total. The van der Waals surface area contributed by atoms with E-state index in [1.54, 1.807) is 0 Å². The molecule has 13 heavy (non-hydrogen) atoms. The minimum Gasteiger partial charge on any atom is -0.390 e. The fourth-order valence-electron chi connectivity index (χ4n) is 1.93. The Balaban J connectivity index is 4.02. The van der Waals surface area contributed by atoms with Crippen LogP contribution in [-0.4, -0.2) is 10.7 Å². The molecule has 0 radical (unpaired) electrons. The third kappa shape index (κ3) is 4.66. The Hall–Kier alpha value is -0.0400. The van der Waals surface area contributed by atoms with Gasteiger partial charge in [-0.1, -0.05) is 47.0 Å². The number of hydrogen-bond donors (Lipinski definition) is 1. The number of rotatable bonds is 7. The van der Waals surface area contributed by atoms with E-state index in [1.807, 2.05) is 0 Å². The topological polar surface area (TPSA) is 20.2 Å². The van der Waals surface area contributed by atoms with E-state index < -0.39 is 5.60 Å². The summed E-state index contributed by atoms with van der Waals surface area (Å²) < 4.78 is 0. The zero-order chi connectivity index (χ0) is 10.3. The molecule has 1 unspecified atom stereocenters. The highest BCUT2D eigenvalue weighted by Gasteiger charge is 2.25. The van der Waals surface area contributed by atoms with Crippen LogP contribution < -0.4 is 0 Å². The summed E-state index contributed by atoms with van der Waals surface area (Å²) in [6, 6.07) is 0. The Bertz CT molecular complexity index is 116. The minimum absolute atomic E-state index is 0.393. The maximum absolute atomic E-state index is 10.2. The normalized spacial score (nSPS) is 14.5. The maximum atomic E-state index is 10.2. The van der Waals surface area contributed by atoms with Crippen molar-refractivity contribution in [1.29, 1.82) is 0 Å². The molecule has 0 bridgehead atoms. The van der Waals surface area contributed by atoms with Crippen LogP contribution in [0, 0.1) is 5.92 Å². The van der Waals surface area contributed by atoms with E-state index in [9.17, 15) is 5.11 Å². The molecule has 0 saturated carbocycles. The van der Waals surface area contributed by atoms with E-state index in [0.717, 1.165) is 25.2 Å². The highest BCUT2D eigenvalue weighted by molar-refractivity contribution is 4.78. The molecular weight excluding hydrogens is 160 g/mol. The van der Waals surface area contributed by atoms with E-state index in [0.29, 0.717) is 0 Å². The molecule has 80 valence electrons. The number of aliphatic hydroxyl groups is 1. The van der Waals surface area contributed by atoms with Gasteiger partial charge in [0.15, 0.2) is 0 Å². The summed E-state index contributed by atoms with van der Waals surface area (Å²) in [6.45, 7) is 8.62. The van der Waals surface area contributed by atoms with Gasteiger partial charge in [0, 0.05) is 0 Å². The summed E-state index contributed by atoms with van der Waals surface area (Å²) in [7, 11) is 0. The summed E-state index contributed by atoms with van der Waals surface area (Å²) in [5.74, 6) is 0.718. The highest BCUT2D eigenvalue weighted by atomic mass is 16.3. The molecule has 0 aliphatic rings. The Kier molecular flexibility index (Phi) is 6.40. The predicted octanol–water partition coefficient (Wildman–Crippen LogP) is 3.75. The molecule has 1 atom stereocenters. The molecule has 0 aromatic heterocycles. The van der Waals surface area contributed by atoms with Crippen LogP contribution in [0.1, 0.15) is 66.2 Å². The van der Waals surface area contributed by atoms with E-state index in [4.69, 9.17) is 0 Å². The largest absolute Gasteiger partial charge is 0.390 e. The van der Waals surface area contributed by atoms with Crippen molar-refractivity contribution in [2.75, 3.05) is 0 Å². The van der Waals surface area contributed by atoms with Crippen LogP contribution in [0.5, 0.6) is 0 Å². The van der Waals surface area contributed by atoms with Crippen molar-refractivity contribution in [3.05, 3.63) is 0 Å². The van der Waals surface area contributed by atoms with E-state index in [-0.39, 0.29) is 0 Å². The van der Waals surface area contributed by atoms with Gasteiger partial charge in [-0.2, -0.15) is 0 Å². The first kappa shape index (κ1) is 13.0. The van der Waals surface area contributed by atoms with Crippen molar-refractivity contribution in [2.45, 2.75) is 71.8 Å². The molecule has 0 amide bonds. The van der Waals surface area contributed by atoms with Crippen LogP contribution in [0.25, 0.3) is 0 Å². The van der Waals surface area contributed by atoms with Gasteiger partial charge in [-0.15, -0.1) is 0 Å². The third-order valence-corrected chi connectivity index (χ3v) is 3.26. The van der Waals surface area contributed by atoms with Gasteiger partial charge in [0.05, 0.1) is 5.60 Å². The molecule has 0 aliphatic heterocycles. The van der Waals surface area contributed by atoms with Gasteiger partial charge in [-0.25, -0.2) is 0 Å². The van der Waals surface area contributed by atoms with Crippen LogP contribution in [-0.2, 0) is 0 Å². The lowest BCUT2D eigenvalue weighted by Gasteiger charge is -2.29. The van der Waals surface area contributed by atoms with Gasteiger partial charge in [0.25, 0.3) is 0 Å². The SMILES string of the molecule is CCCC(CC)CC(O)(CC)CC. The molecule has 0 heterocycles. The monoisotopic (exact) mass is 186 g/mol. The van der Waals surface area contributed by atoms with Gasteiger partial charge >= 0.3 is 0 Å². The van der Waals surface area contributed by atoms with Crippen molar-refractivity contribution in [1.82, 2.24) is 0 Å². The van der Waals surface area contributed by atoms with Crippen molar-refractivity contribution in [3.8, 4) is 0 Å². The quantitative estimate of drug-likeness (QED) is 0.642. The molecule has 1 heteroatoms. The molecule has 0 rings (SSSR count). The van der Waals surface area contributed by atoms with E-state index in [2.05, 4.69) is 27.7 Å². The summed E-state index contributed by atoms with van der Waals surface area (Å²) in [5.41, 5.74) is -0.393. The first-order valence-electron chi connectivity index (χ1n) is 5.84. The van der Waals surface area contributed by atoms with Crippen molar-refractivity contribution < 1.29 is 5.11 Å². The lowest BCUT2D eigenvalue weighted by atomic mass is 9.83. The summed E-state index contributed by atoms with van der Waals surface area (Å²) in [5, 5.41) is 10.2. The van der Waals surface area contributed by atoms with Crippen LogP contribution in [0.15, 0.2) is 0 Å². The van der Waals surface area contributed by atoms with Gasteiger partial charge in [0.2, 0.25) is 0 Å². The van der Waals surface area contributed by atoms with Crippen molar-refractivity contribution in [3.63, 3.8) is 0 Å². The zero-order valence-electron chi connectivity index (χ0n) is 9.77. The lowest BCUT2D eigenvalue weighted by Crippen LogP contribution is -2.29. The van der Waals surface area contributed by atoms with Crippen molar-refractivity contribution in [2.24, 2.45) is 5.92 Å². The first-order chi connectivity index (χ1) is 6.11. The lowest BCUT2D eigenvalue weighted by molar-refractivity contribution is 0.00604. The molecule has 0 aromatic rings. The Morgan fingerprint density at radius 3 is 1.92 bits per heavy atom. The smallest absolute Gasteiger partial charge is 0.0645 e. The molecule has 0 aliphatic carbocycles. The average Bonchev–Trinajstić information content (AvgIpc) is 2.17. The van der Waals surface area contributed by atoms with Crippen LogP contribution in [0.3, 0.4) is 0 Å². The molecular formula is C12H26O. The van der Waals surface area contributed by atoms with Gasteiger partial charge in [0.1, 0.15) is 0 Å². The average molecular weight is 186 g/mol. The molecule has 0 saturated heterocycles. The van der Waals surface area contributed by atoms with Crippen LogP contribution in [0.2, 0.25) is 0 Å². The van der Waals surface area contributed by atoms with Gasteiger partial charge in [-0.3, -0.25) is 0 Å². The fraction of sp³-hybridized carbons (Fsp3) is 1.00. The van der Waals surface area contributed by atoms with Crippen LogP contribution >= 0.6 is 0 Å². The van der Waals surface area contributed by atoms with Gasteiger partial charge < -0.3 is 5.11 Å². The van der Waals surface area contributed by atoms with Crippen LogP contribution in [0.4, 0.5) is 0 Å². The Morgan fingerprint density at radius 2 is 1.62 bits per heavy atom. The second-order valence-electron chi connectivity index (χ2n) is 4.20. The zero-order valence-corrected chi connectivity index (χ0v) is 9.77. The summed E-state index contributed by atoms with van der Waals surface area (Å²) >= 11 is 0. The number of hydrogen-bond acceptors (Lipinski definition) is 1. The molecule has 0 fully saturated rings. The van der Waals surface area contributed by atoms with E-state index >= 15 is 0 Å². The minimum atomic E-state index is -0.393.